The second kappa shape index (κ2) is 2.77. The largest absolute Gasteiger partial charge is 0.872 e. The Morgan fingerprint density at radius 1 is 1.36 bits per heavy atom. The number of phenols is 1. The van der Waals surface area contributed by atoms with Crippen LogP contribution in [0.5, 0.6) is 11.5 Å². The second-order valence-corrected chi connectivity index (χ2v) is 3.07. The van der Waals surface area contributed by atoms with Crippen molar-refractivity contribution < 1.29 is 14.6 Å². The number of hydrogen-bond acceptors (Lipinski definition) is 4. The van der Waals surface area contributed by atoms with E-state index < -0.39 is 5.63 Å². The van der Waals surface area contributed by atoms with Crippen LogP contribution in [0, 0.1) is 6.92 Å². The summed E-state index contributed by atoms with van der Waals surface area (Å²) in [4.78, 5) is 10.9. The summed E-state index contributed by atoms with van der Waals surface area (Å²) < 4.78 is 4.79. The predicted molar refractivity (Wildman–Crippen MR) is 48.3 cm³/mol. The van der Waals surface area contributed by atoms with Crippen LogP contribution in [0.4, 0.5) is 0 Å². The zero-order chi connectivity index (χ0) is 10.3. The quantitative estimate of drug-likeness (QED) is 0.627. The van der Waals surface area contributed by atoms with Crippen LogP contribution >= 0.6 is 0 Å². The van der Waals surface area contributed by atoms with Crippen molar-refractivity contribution in [1.82, 2.24) is 0 Å². The van der Waals surface area contributed by atoms with Gasteiger partial charge in [-0.05, 0) is 18.6 Å². The summed E-state index contributed by atoms with van der Waals surface area (Å²) in [6.07, 6.45) is 0. The Morgan fingerprint density at radius 2 is 2.07 bits per heavy atom. The van der Waals surface area contributed by atoms with Crippen LogP contribution in [-0.4, -0.2) is 5.11 Å². The van der Waals surface area contributed by atoms with E-state index in [9.17, 15) is 15.0 Å². The van der Waals surface area contributed by atoms with Crippen LogP contribution in [0.1, 0.15) is 5.56 Å². The summed E-state index contributed by atoms with van der Waals surface area (Å²) in [6, 6.07) is 3.60. The summed E-state index contributed by atoms with van der Waals surface area (Å²) in [5.74, 6) is -0.405. The van der Waals surface area contributed by atoms with Gasteiger partial charge in [-0.25, -0.2) is 4.79 Å². The van der Waals surface area contributed by atoms with E-state index in [0.29, 0.717) is 10.9 Å². The molecule has 1 aromatic carbocycles. The molecular formula is C10H7O4-. The maximum atomic E-state index is 11.4. The van der Waals surface area contributed by atoms with Gasteiger partial charge in [0.15, 0.2) is 0 Å². The number of aryl methyl sites for hydroxylation is 1. The molecule has 0 fully saturated rings. The lowest BCUT2D eigenvalue weighted by molar-refractivity contribution is -0.266. The molecule has 0 radical (unpaired) electrons. The van der Waals surface area contributed by atoms with Crippen molar-refractivity contribution in [1.29, 1.82) is 0 Å². The maximum Gasteiger partial charge on any atom is 0.335 e. The summed E-state index contributed by atoms with van der Waals surface area (Å²) in [6.45, 7) is 1.67. The number of aromatic hydroxyl groups is 1. The molecular weight excluding hydrogens is 184 g/mol. The second-order valence-electron chi connectivity index (χ2n) is 3.07. The Hall–Kier alpha value is -1.97. The fraction of sp³-hybridized carbons (Fsp3) is 0.100. The van der Waals surface area contributed by atoms with E-state index in [1.807, 2.05) is 0 Å². The van der Waals surface area contributed by atoms with E-state index >= 15 is 0 Å². The lowest BCUT2D eigenvalue weighted by atomic mass is 10.1. The molecule has 72 valence electrons. The van der Waals surface area contributed by atoms with Crippen molar-refractivity contribution in [2.24, 2.45) is 0 Å². The molecule has 1 heterocycles. The Bertz CT molecular complexity index is 554. The molecule has 2 aromatic rings. The van der Waals surface area contributed by atoms with Gasteiger partial charge in [-0.3, -0.25) is 0 Å². The van der Waals surface area contributed by atoms with Gasteiger partial charge < -0.3 is 14.6 Å². The number of benzene rings is 1. The van der Waals surface area contributed by atoms with Gasteiger partial charge in [0.25, 0.3) is 0 Å². The number of hydrogen-bond donors (Lipinski definition) is 1. The van der Waals surface area contributed by atoms with Crippen molar-refractivity contribution >= 4 is 11.0 Å². The third-order valence-corrected chi connectivity index (χ3v) is 1.99. The minimum atomic E-state index is -0.701. The highest BCUT2D eigenvalue weighted by Gasteiger charge is 2.03. The lowest BCUT2D eigenvalue weighted by Crippen LogP contribution is -2.02. The molecule has 4 nitrogen and oxygen atoms in total. The zero-order valence-electron chi connectivity index (χ0n) is 7.40. The summed E-state index contributed by atoms with van der Waals surface area (Å²) in [5.41, 5.74) is 0.0150. The smallest absolute Gasteiger partial charge is 0.335 e. The van der Waals surface area contributed by atoms with Crippen molar-refractivity contribution in [2.45, 2.75) is 6.92 Å². The van der Waals surface area contributed by atoms with E-state index in [1.54, 1.807) is 6.92 Å². The molecule has 0 atom stereocenters. The van der Waals surface area contributed by atoms with Crippen LogP contribution in [0.2, 0.25) is 0 Å². The van der Waals surface area contributed by atoms with Crippen molar-refractivity contribution in [2.75, 3.05) is 0 Å². The van der Waals surface area contributed by atoms with Crippen LogP contribution in [0.15, 0.2) is 27.4 Å². The van der Waals surface area contributed by atoms with Gasteiger partial charge in [-0.1, -0.05) is 5.75 Å². The first-order chi connectivity index (χ1) is 6.58. The van der Waals surface area contributed by atoms with Crippen molar-refractivity contribution in [3.05, 3.63) is 34.2 Å². The third kappa shape index (κ3) is 1.21. The molecule has 4 heteroatoms. The van der Waals surface area contributed by atoms with E-state index in [-0.39, 0.29) is 17.1 Å². The van der Waals surface area contributed by atoms with Crippen LogP contribution < -0.4 is 10.7 Å². The maximum absolute atomic E-state index is 11.4. The zero-order valence-corrected chi connectivity index (χ0v) is 7.40. The molecule has 0 bridgehead atoms. The highest BCUT2D eigenvalue weighted by atomic mass is 16.4. The molecule has 0 aliphatic rings. The summed E-state index contributed by atoms with van der Waals surface area (Å²) in [5, 5.41) is 21.0. The first-order valence-corrected chi connectivity index (χ1v) is 4.02. The van der Waals surface area contributed by atoms with Gasteiger partial charge in [0.1, 0.15) is 11.3 Å². The average molecular weight is 191 g/mol. The minimum absolute atomic E-state index is 0.0243. The number of fused-ring (bicyclic) bond motifs is 1. The molecule has 1 aromatic heterocycles. The Labute approximate surface area is 79.0 Å². The lowest BCUT2D eigenvalue weighted by Gasteiger charge is -2.10. The van der Waals surface area contributed by atoms with Gasteiger partial charge in [0.05, 0.1) is 0 Å². The molecule has 0 saturated carbocycles. The van der Waals surface area contributed by atoms with Gasteiger partial charge in [-0.2, -0.15) is 0 Å². The summed E-state index contributed by atoms with van der Waals surface area (Å²) in [7, 11) is 0. The van der Waals surface area contributed by atoms with Gasteiger partial charge in [0.2, 0.25) is 0 Å². The molecule has 1 N–H and O–H groups in total. The molecule has 0 aliphatic carbocycles. The molecule has 14 heavy (non-hydrogen) atoms. The van der Waals surface area contributed by atoms with E-state index in [1.165, 1.54) is 12.1 Å². The van der Waals surface area contributed by atoms with Crippen LogP contribution in [-0.2, 0) is 0 Å². The van der Waals surface area contributed by atoms with Crippen LogP contribution in [0.25, 0.3) is 11.0 Å². The van der Waals surface area contributed by atoms with E-state index in [0.717, 1.165) is 6.07 Å². The topological polar surface area (TPSA) is 73.5 Å². The number of rotatable bonds is 0. The highest BCUT2D eigenvalue weighted by Crippen LogP contribution is 2.27. The molecule has 0 spiro atoms. The average Bonchev–Trinajstić information content (AvgIpc) is 1.99. The molecule has 0 amide bonds. The van der Waals surface area contributed by atoms with E-state index in [2.05, 4.69) is 0 Å². The first kappa shape index (κ1) is 8.62. The van der Waals surface area contributed by atoms with Gasteiger partial charge in [-0.15, -0.1) is 0 Å². The Balaban J connectivity index is 3.01. The molecule has 2 rings (SSSR count). The molecule has 0 unspecified atom stereocenters. The van der Waals surface area contributed by atoms with Crippen LogP contribution in [0.3, 0.4) is 0 Å². The monoisotopic (exact) mass is 191 g/mol. The standard InChI is InChI=1S/C10H8O4/c1-5-2-6(11)3-8-10(5)7(12)4-9(13)14-8/h2-4,11-12H,1H3/p-1. The molecule has 0 saturated heterocycles. The summed E-state index contributed by atoms with van der Waals surface area (Å²) >= 11 is 0. The highest BCUT2D eigenvalue weighted by molar-refractivity contribution is 5.86. The fourth-order valence-electron chi connectivity index (χ4n) is 1.45. The molecule has 0 aliphatic heterocycles. The van der Waals surface area contributed by atoms with E-state index in [4.69, 9.17) is 4.42 Å². The predicted octanol–water partition coefficient (Wildman–Crippen LogP) is 0.881. The van der Waals surface area contributed by atoms with Crippen molar-refractivity contribution in [3.8, 4) is 11.5 Å². The van der Waals surface area contributed by atoms with Gasteiger partial charge >= 0.3 is 5.63 Å². The minimum Gasteiger partial charge on any atom is -0.872 e. The SMILES string of the molecule is Cc1cc(O)cc2oc(=O)cc([O-])c12. The number of phenolic OH excluding ortho intramolecular Hbond substituents is 1. The Morgan fingerprint density at radius 3 is 2.79 bits per heavy atom. The Kier molecular flexibility index (Phi) is 1.70. The third-order valence-electron chi connectivity index (χ3n) is 1.99. The van der Waals surface area contributed by atoms with Gasteiger partial charge in [0, 0.05) is 17.5 Å². The first-order valence-electron chi connectivity index (χ1n) is 4.02. The fourth-order valence-corrected chi connectivity index (χ4v) is 1.45. The normalized spacial score (nSPS) is 10.6. The van der Waals surface area contributed by atoms with Crippen molar-refractivity contribution in [3.63, 3.8) is 0 Å².